The van der Waals surface area contributed by atoms with E-state index in [-0.39, 0.29) is 5.78 Å². The number of hydrogen-bond acceptors (Lipinski definition) is 4. The number of nitrogens with zero attached hydrogens (tertiary/aromatic N) is 2. The predicted molar refractivity (Wildman–Crippen MR) is 102 cm³/mol. The molecule has 130 valence electrons. The van der Waals surface area contributed by atoms with Crippen LogP contribution in [0.2, 0.25) is 0 Å². The van der Waals surface area contributed by atoms with Gasteiger partial charge in [-0.2, -0.15) is 0 Å². The molecule has 5 heteroatoms. The van der Waals surface area contributed by atoms with Crippen molar-refractivity contribution in [2.75, 3.05) is 12.4 Å². The first-order valence-corrected chi connectivity index (χ1v) is 9.45. The molecule has 0 aliphatic carbocycles. The first kappa shape index (κ1) is 17.5. The topological polar surface area (TPSA) is 44.1 Å². The second-order valence-corrected chi connectivity index (χ2v) is 6.93. The molecular formula is C20H22N2O2S. The summed E-state index contributed by atoms with van der Waals surface area (Å²) in [6, 6.07) is 16.0. The normalized spacial score (nSPS) is 11.0. The lowest BCUT2D eigenvalue weighted by molar-refractivity contribution is -0.119. The van der Waals surface area contributed by atoms with E-state index in [1.165, 1.54) is 5.56 Å². The van der Waals surface area contributed by atoms with E-state index in [0.29, 0.717) is 19.6 Å². The molecule has 25 heavy (non-hydrogen) atoms. The van der Waals surface area contributed by atoms with Crippen molar-refractivity contribution in [1.82, 2.24) is 9.55 Å². The average molecular weight is 354 g/mol. The van der Waals surface area contributed by atoms with Crippen LogP contribution < -0.4 is 4.74 Å². The molecule has 0 aliphatic rings. The summed E-state index contributed by atoms with van der Waals surface area (Å²) in [6.45, 7) is 4.92. The highest BCUT2D eigenvalue weighted by molar-refractivity contribution is 7.99. The van der Waals surface area contributed by atoms with Gasteiger partial charge in [-0.15, -0.1) is 0 Å². The van der Waals surface area contributed by atoms with Crippen LogP contribution in [0.25, 0.3) is 11.0 Å². The number of Topliss-reactive ketones (excluding diaryl/α,β-unsaturated/α-hetero) is 1. The zero-order valence-electron chi connectivity index (χ0n) is 14.6. The third-order valence-corrected chi connectivity index (χ3v) is 4.89. The maximum absolute atomic E-state index is 11.9. The third kappa shape index (κ3) is 4.42. The van der Waals surface area contributed by atoms with Crippen LogP contribution in [0.4, 0.5) is 0 Å². The number of fused-ring (bicyclic) bond motifs is 1. The first-order chi connectivity index (χ1) is 12.2. The van der Waals surface area contributed by atoms with Gasteiger partial charge < -0.3 is 9.30 Å². The Hall–Kier alpha value is -2.27. The Balaban J connectivity index is 1.66. The Kier molecular flexibility index (Phi) is 5.76. The Bertz CT molecular complexity index is 856. The molecule has 1 aromatic heterocycles. The fourth-order valence-corrected chi connectivity index (χ4v) is 3.36. The summed E-state index contributed by atoms with van der Waals surface area (Å²) in [6.07, 6.45) is 0.535. The minimum atomic E-state index is 0.209. The van der Waals surface area contributed by atoms with Crippen LogP contribution in [0.3, 0.4) is 0 Å². The Morgan fingerprint density at radius 1 is 1.16 bits per heavy atom. The van der Waals surface area contributed by atoms with Crippen LogP contribution >= 0.6 is 11.8 Å². The van der Waals surface area contributed by atoms with Gasteiger partial charge in [-0.1, -0.05) is 48.5 Å². The summed E-state index contributed by atoms with van der Waals surface area (Å²) in [4.78, 5) is 16.6. The van der Waals surface area contributed by atoms with Gasteiger partial charge in [-0.25, -0.2) is 4.98 Å². The van der Waals surface area contributed by atoms with E-state index in [9.17, 15) is 4.79 Å². The number of rotatable bonds is 8. The van der Waals surface area contributed by atoms with Crippen LogP contribution in [-0.4, -0.2) is 27.7 Å². The van der Waals surface area contributed by atoms with Gasteiger partial charge in [0.05, 0.1) is 24.2 Å². The highest BCUT2D eigenvalue weighted by Crippen LogP contribution is 2.24. The SMILES string of the molecule is CCC(=O)Cn1c(SCCOc2ccc(C)cc2)nc2ccccc21. The molecule has 1 heterocycles. The maximum Gasteiger partial charge on any atom is 0.169 e. The summed E-state index contributed by atoms with van der Waals surface area (Å²) in [7, 11) is 0. The standard InChI is InChI=1S/C20H22N2O2S/c1-3-16(23)14-22-19-7-5-4-6-18(19)21-20(22)25-13-12-24-17-10-8-15(2)9-11-17/h4-11H,3,12-14H2,1-2H3. The van der Waals surface area contributed by atoms with Crippen molar-refractivity contribution < 1.29 is 9.53 Å². The second-order valence-electron chi connectivity index (χ2n) is 5.87. The molecule has 0 N–H and O–H groups in total. The zero-order valence-corrected chi connectivity index (χ0v) is 15.4. The quantitative estimate of drug-likeness (QED) is 0.441. The van der Waals surface area contributed by atoms with Gasteiger partial charge in [0.2, 0.25) is 0 Å². The fraction of sp³-hybridized carbons (Fsp3) is 0.300. The van der Waals surface area contributed by atoms with E-state index >= 15 is 0 Å². The zero-order chi connectivity index (χ0) is 17.6. The number of benzene rings is 2. The van der Waals surface area contributed by atoms with Gasteiger partial charge in [0.15, 0.2) is 10.9 Å². The van der Waals surface area contributed by atoms with Crippen molar-refractivity contribution in [3.63, 3.8) is 0 Å². The molecule has 0 aliphatic heterocycles. The maximum atomic E-state index is 11.9. The molecule has 3 aromatic rings. The van der Waals surface area contributed by atoms with Gasteiger partial charge in [0, 0.05) is 12.2 Å². The van der Waals surface area contributed by atoms with Gasteiger partial charge >= 0.3 is 0 Å². The molecule has 0 unspecified atom stereocenters. The van der Waals surface area contributed by atoms with E-state index in [1.54, 1.807) is 11.8 Å². The monoisotopic (exact) mass is 354 g/mol. The number of hydrogen-bond donors (Lipinski definition) is 0. The highest BCUT2D eigenvalue weighted by atomic mass is 32.2. The molecule has 0 bridgehead atoms. The largest absolute Gasteiger partial charge is 0.493 e. The summed E-state index contributed by atoms with van der Waals surface area (Å²) in [5.74, 6) is 1.86. The molecule has 0 amide bonds. The van der Waals surface area contributed by atoms with Crippen LogP contribution in [-0.2, 0) is 11.3 Å². The minimum absolute atomic E-state index is 0.209. The molecule has 4 nitrogen and oxygen atoms in total. The van der Waals surface area contributed by atoms with Crippen LogP contribution in [0, 0.1) is 6.92 Å². The van der Waals surface area contributed by atoms with E-state index < -0.39 is 0 Å². The molecule has 0 saturated carbocycles. The van der Waals surface area contributed by atoms with Gasteiger partial charge in [0.25, 0.3) is 0 Å². The number of thioether (sulfide) groups is 1. The number of para-hydroxylation sites is 2. The average Bonchev–Trinajstić information content (AvgIpc) is 2.98. The number of carbonyl (C=O) groups is 1. The van der Waals surface area contributed by atoms with Crippen LogP contribution in [0.1, 0.15) is 18.9 Å². The van der Waals surface area contributed by atoms with Gasteiger partial charge in [-0.05, 0) is 31.2 Å². The number of aromatic nitrogens is 2. The summed E-state index contributed by atoms with van der Waals surface area (Å²) >= 11 is 1.62. The minimum Gasteiger partial charge on any atom is -0.493 e. The van der Waals surface area contributed by atoms with E-state index in [0.717, 1.165) is 27.7 Å². The van der Waals surface area contributed by atoms with Crippen molar-refractivity contribution in [2.45, 2.75) is 32.0 Å². The molecule has 0 radical (unpaired) electrons. The molecule has 0 fully saturated rings. The molecule has 0 spiro atoms. The van der Waals surface area contributed by atoms with Crippen molar-refractivity contribution >= 4 is 28.6 Å². The Morgan fingerprint density at radius 2 is 1.92 bits per heavy atom. The van der Waals surface area contributed by atoms with Crippen molar-refractivity contribution in [3.8, 4) is 5.75 Å². The molecule has 0 atom stereocenters. The van der Waals surface area contributed by atoms with E-state index in [1.807, 2.05) is 60.0 Å². The number of imidazole rings is 1. The smallest absolute Gasteiger partial charge is 0.169 e. The predicted octanol–water partition coefficient (Wildman–Crippen LogP) is 4.49. The summed E-state index contributed by atoms with van der Waals surface area (Å²) in [5.41, 5.74) is 3.15. The second kappa shape index (κ2) is 8.21. The lowest BCUT2D eigenvalue weighted by Crippen LogP contribution is -2.10. The summed E-state index contributed by atoms with van der Waals surface area (Å²) < 4.78 is 7.79. The van der Waals surface area contributed by atoms with Crippen molar-refractivity contribution in [2.24, 2.45) is 0 Å². The fourth-order valence-electron chi connectivity index (χ4n) is 2.53. The van der Waals surface area contributed by atoms with Crippen molar-refractivity contribution in [3.05, 3.63) is 54.1 Å². The van der Waals surface area contributed by atoms with Gasteiger partial charge in [0.1, 0.15) is 5.75 Å². The third-order valence-electron chi connectivity index (χ3n) is 3.95. The highest BCUT2D eigenvalue weighted by Gasteiger charge is 2.13. The van der Waals surface area contributed by atoms with E-state index in [2.05, 4.69) is 11.9 Å². The number of aryl methyl sites for hydroxylation is 1. The Labute approximate surface area is 152 Å². The number of ether oxygens (including phenoxy) is 1. The van der Waals surface area contributed by atoms with Gasteiger partial charge in [-0.3, -0.25) is 4.79 Å². The number of ketones is 1. The van der Waals surface area contributed by atoms with Crippen molar-refractivity contribution in [1.29, 1.82) is 0 Å². The molecule has 2 aromatic carbocycles. The molecule has 3 rings (SSSR count). The number of carbonyl (C=O) groups excluding carboxylic acids is 1. The van der Waals surface area contributed by atoms with Crippen LogP contribution in [0.15, 0.2) is 53.7 Å². The lowest BCUT2D eigenvalue weighted by atomic mass is 10.2. The summed E-state index contributed by atoms with van der Waals surface area (Å²) in [5, 5.41) is 0.871. The van der Waals surface area contributed by atoms with E-state index in [4.69, 9.17) is 4.74 Å². The molecular weight excluding hydrogens is 332 g/mol. The first-order valence-electron chi connectivity index (χ1n) is 8.46. The molecule has 0 saturated heterocycles. The van der Waals surface area contributed by atoms with Crippen LogP contribution in [0.5, 0.6) is 5.75 Å². The Morgan fingerprint density at radius 3 is 2.68 bits per heavy atom. The lowest BCUT2D eigenvalue weighted by Gasteiger charge is -2.08.